The summed E-state index contributed by atoms with van der Waals surface area (Å²) >= 11 is 0. The second kappa shape index (κ2) is 8.52. The van der Waals surface area contributed by atoms with E-state index in [0.717, 1.165) is 5.56 Å². The van der Waals surface area contributed by atoms with Crippen LogP contribution in [0.4, 0.5) is 0 Å². The predicted octanol–water partition coefficient (Wildman–Crippen LogP) is -0.224. The predicted molar refractivity (Wildman–Crippen MR) is 75.3 cm³/mol. The van der Waals surface area contributed by atoms with E-state index >= 15 is 0 Å². The molecule has 2 atom stereocenters. The van der Waals surface area contributed by atoms with Gasteiger partial charge in [0.1, 0.15) is 5.75 Å². The number of carbonyl (C=O) groups excluding carboxylic acids is 1. The summed E-state index contributed by atoms with van der Waals surface area (Å²) in [5.74, 6) is -0.108. The Bertz CT molecular complexity index is 402. The number of nitrogens with two attached hydrogens (primary N) is 1. The van der Waals surface area contributed by atoms with Crippen LogP contribution in [0.3, 0.4) is 0 Å². The zero-order valence-electron chi connectivity index (χ0n) is 11.6. The minimum absolute atomic E-state index is 0.0263. The van der Waals surface area contributed by atoms with Gasteiger partial charge in [0, 0.05) is 13.7 Å². The van der Waals surface area contributed by atoms with Crippen LogP contribution in [0.1, 0.15) is 12.0 Å². The van der Waals surface area contributed by atoms with E-state index in [1.807, 2.05) is 0 Å². The summed E-state index contributed by atoms with van der Waals surface area (Å²) in [4.78, 5) is 12.0. The third kappa shape index (κ3) is 5.56. The number of ether oxygens (including phenoxy) is 1. The van der Waals surface area contributed by atoms with Crippen molar-refractivity contribution < 1.29 is 19.7 Å². The normalized spacial score (nSPS) is 13.8. The van der Waals surface area contributed by atoms with E-state index in [1.165, 1.54) is 7.11 Å². The number of methoxy groups -OCH3 is 1. The maximum absolute atomic E-state index is 12.0. The number of rotatable bonds is 8. The number of aliphatic hydroxyl groups is 1. The topological polar surface area (TPSA) is 105 Å². The Labute approximate surface area is 118 Å². The zero-order chi connectivity index (χ0) is 15.0. The van der Waals surface area contributed by atoms with Crippen molar-refractivity contribution in [3.05, 3.63) is 29.8 Å². The summed E-state index contributed by atoms with van der Waals surface area (Å²) in [6.45, 7) is 0.305. The first-order valence-electron chi connectivity index (χ1n) is 6.50. The van der Waals surface area contributed by atoms with Gasteiger partial charge in [0.05, 0.1) is 18.7 Å². The second-order valence-electron chi connectivity index (χ2n) is 4.65. The van der Waals surface area contributed by atoms with Crippen molar-refractivity contribution >= 4 is 5.91 Å². The fourth-order valence-corrected chi connectivity index (χ4v) is 1.84. The van der Waals surface area contributed by atoms with Gasteiger partial charge in [-0.2, -0.15) is 0 Å². The molecule has 0 saturated carbocycles. The van der Waals surface area contributed by atoms with Crippen LogP contribution in [-0.4, -0.2) is 48.5 Å². The smallest absolute Gasteiger partial charge is 0.237 e. The van der Waals surface area contributed by atoms with Crippen LogP contribution < -0.4 is 11.1 Å². The summed E-state index contributed by atoms with van der Waals surface area (Å²) in [6.07, 6.45) is 0.802. The first kappa shape index (κ1) is 16.4. The first-order valence-corrected chi connectivity index (χ1v) is 6.50. The van der Waals surface area contributed by atoms with Crippen LogP contribution in [0.2, 0.25) is 0 Å². The number of phenols is 1. The molecule has 112 valence electrons. The lowest BCUT2D eigenvalue weighted by atomic mass is 10.1. The Morgan fingerprint density at radius 2 is 2.05 bits per heavy atom. The highest BCUT2D eigenvalue weighted by molar-refractivity contribution is 5.82. The molecule has 1 aromatic rings. The van der Waals surface area contributed by atoms with Crippen LogP contribution in [-0.2, 0) is 16.0 Å². The van der Waals surface area contributed by atoms with Gasteiger partial charge in [-0.05, 0) is 30.5 Å². The molecule has 0 spiro atoms. The standard InChI is InChI=1S/C14H22N2O4/c1-20-9-11(6-7-17)16-14(19)13(15)8-10-2-4-12(18)5-3-10/h2-5,11,13,17-18H,6-9,15H2,1H3,(H,16,19)/t11?,13-/m0/s1. The van der Waals surface area contributed by atoms with Gasteiger partial charge in [-0.3, -0.25) is 4.79 Å². The average molecular weight is 282 g/mol. The fourth-order valence-electron chi connectivity index (χ4n) is 1.84. The van der Waals surface area contributed by atoms with Gasteiger partial charge >= 0.3 is 0 Å². The highest BCUT2D eigenvalue weighted by Gasteiger charge is 2.18. The van der Waals surface area contributed by atoms with E-state index in [-0.39, 0.29) is 24.3 Å². The molecule has 0 radical (unpaired) electrons. The Hall–Kier alpha value is -1.63. The number of hydrogen-bond acceptors (Lipinski definition) is 5. The Balaban J connectivity index is 2.50. The summed E-state index contributed by atoms with van der Waals surface area (Å²) in [5.41, 5.74) is 6.72. The van der Waals surface area contributed by atoms with Gasteiger partial charge in [0.25, 0.3) is 0 Å². The lowest BCUT2D eigenvalue weighted by Crippen LogP contribution is -2.48. The van der Waals surface area contributed by atoms with Crippen molar-refractivity contribution in [3.8, 4) is 5.75 Å². The number of carbonyl (C=O) groups is 1. The SMILES string of the molecule is COCC(CCO)NC(=O)[C@@H](N)Cc1ccc(O)cc1. The number of aliphatic hydroxyl groups excluding tert-OH is 1. The molecule has 0 bridgehead atoms. The molecular weight excluding hydrogens is 260 g/mol. The fraction of sp³-hybridized carbons (Fsp3) is 0.500. The van der Waals surface area contributed by atoms with Crippen LogP contribution in [0.25, 0.3) is 0 Å². The molecule has 0 saturated heterocycles. The van der Waals surface area contributed by atoms with Gasteiger partial charge in [0.15, 0.2) is 0 Å². The minimum Gasteiger partial charge on any atom is -0.508 e. The van der Waals surface area contributed by atoms with E-state index in [4.69, 9.17) is 15.6 Å². The minimum atomic E-state index is -0.683. The first-order chi connectivity index (χ1) is 9.56. The third-order valence-electron chi connectivity index (χ3n) is 2.92. The van der Waals surface area contributed by atoms with Crippen LogP contribution in [0.15, 0.2) is 24.3 Å². The summed E-state index contributed by atoms with van der Waals surface area (Å²) in [5, 5.41) is 20.9. The van der Waals surface area contributed by atoms with E-state index in [1.54, 1.807) is 24.3 Å². The average Bonchev–Trinajstić information content (AvgIpc) is 2.42. The largest absolute Gasteiger partial charge is 0.508 e. The molecule has 1 amide bonds. The third-order valence-corrected chi connectivity index (χ3v) is 2.92. The van der Waals surface area contributed by atoms with Gasteiger partial charge < -0.3 is 26.0 Å². The molecule has 1 aromatic carbocycles. The molecule has 0 aromatic heterocycles. The lowest BCUT2D eigenvalue weighted by molar-refractivity contribution is -0.123. The number of nitrogens with one attached hydrogen (secondary N) is 1. The molecule has 0 aliphatic heterocycles. The molecule has 6 nitrogen and oxygen atoms in total. The number of aromatic hydroxyl groups is 1. The number of amides is 1. The van der Waals surface area contributed by atoms with Crippen LogP contribution in [0, 0.1) is 0 Å². The van der Waals surface area contributed by atoms with Crippen molar-refractivity contribution in [3.63, 3.8) is 0 Å². The molecule has 20 heavy (non-hydrogen) atoms. The van der Waals surface area contributed by atoms with E-state index in [9.17, 15) is 9.90 Å². The maximum atomic E-state index is 12.0. The monoisotopic (exact) mass is 282 g/mol. The number of benzene rings is 1. The van der Waals surface area contributed by atoms with Crippen molar-refractivity contribution in [2.45, 2.75) is 24.9 Å². The highest BCUT2D eigenvalue weighted by Crippen LogP contribution is 2.11. The van der Waals surface area contributed by atoms with Gasteiger partial charge in [0.2, 0.25) is 5.91 Å². The molecule has 5 N–H and O–H groups in total. The molecule has 1 rings (SSSR count). The van der Waals surface area contributed by atoms with Gasteiger partial charge in [-0.1, -0.05) is 12.1 Å². The van der Waals surface area contributed by atoms with Crippen molar-refractivity contribution in [2.75, 3.05) is 20.3 Å². The van der Waals surface area contributed by atoms with Crippen molar-refractivity contribution in [1.29, 1.82) is 0 Å². The molecule has 1 unspecified atom stereocenters. The maximum Gasteiger partial charge on any atom is 0.237 e. The van der Waals surface area contributed by atoms with Crippen LogP contribution in [0.5, 0.6) is 5.75 Å². The van der Waals surface area contributed by atoms with E-state index in [0.29, 0.717) is 19.4 Å². The van der Waals surface area contributed by atoms with Crippen molar-refractivity contribution in [1.82, 2.24) is 5.32 Å². The number of hydrogen-bond donors (Lipinski definition) is 4. The second-order valence-corrected chi connectivity index (χ2v) is 4.65. The van der Waals surface area contributed by atoms with Gasteiger partial charge in [-0.25, -0.2) is 0 Å². The molecule has 0 aliphatic rings. The molecule has 0 aliphatic carbocycles. The molecule has 6 heteroatoms. The Kier molecular flexibility index (Phi) is 7.00. The molecule has 0 fully saturated rings. The van der Waals surface area contributed by atoms with E-state index < -0.39 is 6.04 Å². The quantitative estimate of drug-likeness (QED) is 0.527. The number of phenolic OH excluding ortho intramolecular Hbond substituents is 1. The summed E-state index contributed by atoms with van der Waals surface area (Å²) in [7, 11) is 1.53. The molecule has 0 heterocycles. The van der Waals surface area contributed by atoms with Crippen LogP contribution >= 0.6 is 0 Å². The lowest BCUT2D eigenvalue weighted by Gasteiger charge is -2.19. The Morgan fingerprint density at radius 1 is 1.40 bits per heavy atom. The summed E-state index contributed by atoms with van der Waals surface area (Å²) in [6, 6.07) is 5.63. The van der Waals surface area contributed by atoms with E-state index in [2.05, 4.69) is 5.32 Å². The van der Waals surface area contributed by atoms with Gasteiger partial charge in [-0.15, -0.1) is 0 Å². The Morgan fingerprint density at radius 3 is 2.60 bits per heavy atom. The molecular formula is C14H22N2O4. The summed E-state index contributed by atoms with van der Waals surface area (Å²) < 4.78 is 4.97. The highest BCUT2D eigenvalue weighted by atomic mass is 16.5. The zero-order valence-corrected chi connectivity index (χ0v) is 11.6. The van der Waals surface area contributed by atoms with Crippen molar-refractivity contribution in [2.24, 2.45) is 5.73 Å².